The Kier molecular flexibility index (Phi) is 4.06. The van der Waals surface area contributed by atoms with E-state index in [0.717, 1.165) is 31.4 Å². The smallest absolute Gasteiger partial charge is 0.355 e. The van der Waals surface area contributed by atoms with E-state index in [0.29, 0.717) is 10.5 Å². The van der Waals surface area contributed by atoms with Gasteiger partial charge in [-0.2, -0.15) is 0 Å². The molecule has 0 saturated carbocycles. The second-order valence-corrected chi connectivity index (χ2v) is 7.29. The molecule has 0 spiro atoms. The lowest BCUT2D eigenvalue weighted by molar-refractivity contribution is 0.0590. The minimum absolute atomic E-state index is 0.144. The van der Waals surface area contributed by atoms with Crippen LogP contribution in [-0.4, -0.2) is 26.5 Å². The maximum Gasteiger partial charge on any atom is 0.355 e. The molecule has 2 aromatic carbocycles. The van der Waals surface area contributed by atoms with Gasteiger partial charge in [0.25, 0.3) is 0 Å². The van der Waals surface area contributed by atoms with E-state index in [-0.39, 0.29) is 20.9 Å². The summed E-state index contributed by atoms with van der Waals surface area (Å²) >= 11 is 5.96. The van der Waals surface area contributed by atoms with Crippen molar-refractivity contribution in [2.75, 3.05) is 7.11 Å². The van der Waals surface area contributed by atoms with Gasteiger partial charge in [0.15, 0.2) is 0 Å². The molecule has 124 valence electrons. The molecular weight excluding hydrogens is 357 g/mol. The molecule has 1 N–H and O–H groups in total. The topological polar surface area (TPSA) is 76.2 Å². The highest BCUT2D eigenvalue weighted by Crippen LogP contribution is 2.33. The zero-order chi connectivity index (χ0) is 17.5. The number of carbonyl (C=O) groups is 1. The standard InChI is InChI=1S/C16H11ClFNO4S/c1-23-16(20)14-15(12-8-9(17)2-7-13(12)19-14)24(21,22)11-5-3-10(18)4-6-11/h2-8,19H,1H3. The van der Waals surface area contributed by atoms with E-state index in [1.165, 1.54) is 6.07 Å². The lowest BCUT2D eigenvalue weighted by atomic mass is 10.2. The number of fused-ring (bicyclic) bond motifs is 1. The van der Waals surface area contributed by atoms with Crippen LogP contribution >= 0.6 is 11.6 Å². The van der Waals surface area contributed by atoms with E-state index in [4.69, 9.17) is 11.6 Å². The number of ether oxygens (including phenoxy) is 1. The predicted molar refractivity (Wildman–Crippen MR) is 86.5 cm³/mol. The van der Waals surface area contributed by atoms with Crippen LogP contribution < -0.4 is 0 Å². The van der Waals surface area contributed by atoms with Gasteiger partial charge in [0.05, 0.1) is 12.0 Å². The van der Waals surface area contributed by atoms with Crippen LogP contribution in [0.2, 0.25) is 5.02 Å². The number of aromatic nitrogens is 1. The van der Waals surface area contributed by atoms with Gasteiger partial charge in [-0.1, -0.05) is 11.6 Å². The summed E-state index contributed by atoms with van der Waals surface area (Å²) in [4.78, 5) is 14.4. The number of rotatable bonds is 3. The Morgan fingerprint density at radius 3 is 2.46 bits per heavy atom. The van der Waals surface area contributed by atoms with Crippen LogP contribution in [0.3, 0.4) is 0 Å². The first-order valence-corrected chi connectivity index (χ1v) is 8.61. The van der Waals surface area contributed by atoms with Gasteiger partial charge in [-0.05, 0) is 42.5 Å². The molecule has 0 unspecified atom stereocenters. The van der Waals surface area contributed by atoms with Crippen LogP contribution in [0.4, 0.5) is 4.39 Å². The summed E-state index contributed by atoms with van der Waals surface area (Å²) in [5.74, 6) is -1.40. The van der Waals surface area contributed by atoms with E-state index in [1.807, 2.05) is 0 Å². The quantitative estimate of drug-likeness (QED) is 0.567. The summed E-state index contributed by atoms with van der Waals surface area (Å²) in [7, 11) is -2.95. The van der Waals surface area contributed by atoms with Crippen molar-refractivity contribution in [3.63, 3.8) is 0 Å². The van der Waals surface area contributed by atoms with Crippen LogP contribution in [0.15, 0.2) is 52.3 Å². The molecule has 0 bridgehead atoms. The van der Waals surface area contributed by atoms with Crippen LogP contribution in [0.25, 0.3) is 10.9 Å². The third-order valence-electron chi connectivity index (χ3n) is 3.50. The molecule has 3 rings (SSSR count). The maximum atomic E-state index is 13.1. The minimum Gasteiger partial charge on any atom is -0.464 e. The number of H-pyrrole nitrogens is 1. The average molecular weight is 368 g/mol. The molecular formula is C16H11ClFNO4S. The summed E-state index contributed by atoms with van der Waals surface area (Å²) in [6.07, 6.45) is 0. The van der Waals surface area contributed by atoms with E-state index < -0.39 is 21.6 Å². The second-order valence-electron chi connectivity index (χ2n) is 4.97. The number of halogens is 2. The summed E-state index contributed by atoms with van der Waals surface area (Å²) < 4.78 is 43.7. The van der Waals surface area contributed by atoms with Crippen molar-refractivity contribution < 1.29 is 22.3 Å². The number of esters is 1. The molecule has 1 aromatic heterocycles. The molecule has 24 heavy (non-hydrogen) atoms. The minimum atomic E-state index is -4.10. The van der Waals surface area contributed by atoms with Crippen molar-refractivity contribution in [3.05, 3.63) is 59.0 Å². The molecule has 0 fully saturated rings. The number of aromatic amines is 1. The SMILES string of the molecule is COC(=O)c1[nH]c2ccc(Cl)cc2c1S(=O)(=O)c1ccc(F)cc1. The fourth-order valence-corrected chi connectivity index (χ4v) is 4.16. The van der Waals surface area contributed by atoms with Gasteiger partial charge in [0, 0.05) is 15.9 Å². The van der Waals surface area contributed by atoms with Crippen LogP contribution in [0, 0.1) is 5.82 Å². The number of hydrogen-bond acceptors (Lipinski definition) is 4. The second kappa shape index (κ2) is 5.92. The first-order chi connectivity index (χ1) is 11.3. The number of sulfone groups is 1. The highest BCUT2D eigenvalue weighted by atomic mass is 35.5. The molecule has 1 heterocycles. The Bertz CT molecular complexity index is 1040. The van der Waals surface area contributed by atoms with Gasteiger partial charge in [-0.3, -0.25) is 0 Å². The Morgan fingerprint density at radius 2 is 1.83 bits per heavy atom. The fourth-order valence-electron chi connectivity index (χ4n) is 2.40. The Labute approximate surface area is 141 Å². The van der Waals surface area contributed by atoms with Gasteiger partial charge in [0.1, 0.15) is 16.4 Å². The molecule has 8 heteroatoms. The van der Waals surface area contributed by atoms with Crippen LogP contribution in [0.1, 0.15) is 10.5 Å². The van der Waals surface area contributed by atoms with Gasteiger partial charge in [-0.15, -0.1) is 0 Å². The lowest BCUT2D eigenvalue weighted by Crippen LogP contribution is -2.10. The monoisotopic (exact) mass is 367 g/mol. The van der Waals surface area contributed by atoms with Crippen molar-refractivity contribution in [3.8, 4) is 0 Å². The number of nitrogens with one attached hydrogen (secondary N) is 1. The van der Waals surface area contributed by atoms with Crippen molar-refractivity contribution in [1.82, 2.24) is 4.98 Å². The molecule has 5 nitrogen and oxygen atoms in total. The summed E-state index contributed by atoms with van der Waals surface area (Å²) in [6, 6.07) is 8.91. The van der Waals surface area contributed by atoms with E-state index in [9.17, 15) is 17.6 Å². The molecule has 0 aliphatic heterocycles. The van der Waals surface area contributed by atoms with Gasteiger partial charge >= 0.3 is 5.97 Å². The molecule has 0 saturated heterocycles. The van der Waals surface area contributed by atoms with E-state index >= 15 is 0 Å². The van der Waals surface area contributed by atoms with Crippen LogP contribution in [-0.2, 0) is 14.6 Å². The Morgan fingerprint density at radius 1 is 1.17 bits per heavy atom. The molecule has 0 aliphatic rings. The normalized spacial score (nSPS) is 11.6. The molecule has 0 radical (unpaired) electrons. The molecule has 0 aliphatic carbocycles. The van der Waals surface area contributed by atoms with Crippen molar-refractivity contribution >= 4 is 38.3 Å². The largest absolute Gasteiger partial charge is 0.464 e. The highest BCUT2D eigenvalue weighted by Gasteiger charge is 2.30. The third-order valence-corrected chi connectivity index (χ3v) is 5.58. The number of benzene rings is 2. The molecule has 0 amide bonds. The first-order valence-electron chi connectivity index (χ1n) is 6.75. The summed E-state index contributed by atoms with van der Waals surface area (Å²) in [5, 5.41) is 0.570. The van der Waals surface area contributed by atoms with Gasteiger partial charge in [0.2, 0.25) is 9.84 Å². The lowest BCUT2D eigenvalue weighted by Gasteiger charge is -2.06. The molecule has 0 atom stereocenters. The van der Waals surface area contributed by atoms with Gasteiger partial charge < -0.3 is 9.72 Å². The van der Waals surface area contributed by atoms with Crippen molar-refractivity contribution in [2.24, 2.45) is 0 Å². The van der Waals surface area contributed by atoms with Crippen molar-refractivity contribution in [1.29, 1.82) is 0 Å². The van der Waals surface area contributed by atoms with E-state index in [1.54, 1.807) is 12.1 Å². The summed E-state index contributed by atoms with van der Waals surface area (Å²) in [6.45, 7) is 0. The average Bonchev–Trinajstić information content (AvgIpc) is 2.93. The van der Waals surface area contributed by atoms with Gasteiger partial charge in [-0.25, -0.2) is 17.6 Å². The summed E-state index contributed by atoms with van der Waals surface area (Å²) in [5.41, 5.74) is 0.208. The number of hydrogen-bond donors (Lipinski definition) is 1. The number of methoxy groups -OCH3 is 1. The Hall–Kier alpha value is -2.38. The fraction of sp³-hybridized carbons (Fsp3) is 0.0625. The highest BCUT2D eigenvalue weighted by molar-refractivity contribution is 7.91. The maximum absolute atomic E-state index is 13.1. The zero-order valence-corrected chi connectivity index (χ0v) is 13.9. The van der Waals surface area contributed by atoms with Crippen LogP contribution in [0.5, 0.6) is 0 Å². The third kappa shape index (κ3) is 2.65. The zero-order valence-electron chi connectivity index (χ0n) is 12.3. The Balaban J connectivity index is 2.36. The van der Waals surface area contributed by atoms with Crippen molar-refractivity contribution in [2.45, 2.75) is 9.79 Å². The number of carbonyl (C=O) groups excluding carboxylic acids is 1. The molecule has 3 aromatic rings. The first kappa shape index (κ1) is 16.5. The van der Waals surface area contributed by atoms with E-state index in [2.05, 4.69) is 9.72 Å². The predicted octanol–water partition coefficient (Wildman–Crippen LogP) is 3.58.